The molecule has 2 rings (SSSR count). The Kier molecular flexibility index (Phi) is 2.17. The summed E-state index contributed by atoms with van der Waals surface area (Å²) >= 11 is 0. The maximum Gasteiger partial charge on any atom is 0.0571 e. The van der Waals surface area contributed by atoms with Crippen molar-refractivity contribution < 1.29 is 5.11 Å². The van der Waals surface area contributed by atoms with Gasteiger partial charge in [0.2, 0.25) is 0 Å². The molecule has 0 bridgehead atoms. The number of hydrogen-bond donors (Lipinski definition) is 1. The molecule has 0 spiro atoms. The summed E-state index contributed by atoms with van der Waals surface area (Å²) in [6, 6.07) is 0. The van der Waals surface area contributed by atoms with Gasteiger partial charge < -0.3 is 5.11 Å². The van der Waals surface area contributed by atoms with Gasteiger partial charge in [-0.05, 0) is 31.1 Å². The summed E-state index contributed by atoms with van der Waals surface area (Å²) in [6.45, 7) is 0. The van der Waals surface area contributed by atoms with E-state index in [1.165, 1.54) is 38.5 Å². The second-order valence-corrected chi connectivity index (χ2v) is 4.21. The minimum absolute atomic E-state index is 0.0500. The lowest BCUT2D eigenvalue weighted by molar-refractivity contribution is 0.0105. The Balaban J connectivity index is 1.99. The van der Waals surface area contributed by atoms with Crippen LogP contribution in [0, 0.1) is 11.8 Å². The number of fused-ring (bicyclic) bond motifs is 1. The molecule has 0 aromatic carbocycles. The summed E-state index contributed by atoms with van der Waals surface area (Å²) < 4.78 is 0. The topological polar surface area (TPSA) is 20.2 Å². The highest BCUT2D eigenvalue weighted by Crippen LogP contribution is 2.40. The van der Waals surface area contributed by atoms with Gasteiger partial charge in [0, 0.05) is 0 Å². The average molecular weight is 154 g/mol. The zero-order chi connectivity index (χ0) is 7.68. The van der Waals surface area contributed by atoms with Gasteiger partial charge in [0.25, 0.3) is 0 Å². The Morgan fingerprint density at radius 3 is 2.36 bits per heavy atom. The summed E-state index contributed by atoms with van der Waals surface area (Å²) in [5.74, 6) is 1.56. The summed E-state index contributed by atoms with van der Waals surface area (Å²) in [5.41, 5.74) is 0. The van der Waals surface area contributed by atoms with Gasteiger partial charge in [-0.1, -0.05) is 25.7 Å². The summed E-state index contributed by atoms with van der Waals surface area (Å²) in [6.07, 6.45) is 9.24. The van der Waals surface area contributed by atoms with Crippen molar-refractivity contribution in [3.05, 3.63) is 0 Å². The molecule has 0 radical (unpaired) electrons. The Labute approximate surface area is 68.8 Å². The fourth-order valence-corrected chi connectivity index (χ4v) is 2.90. The van der Waals surface area contributed by atoms with Crippen LogP contribution in [0.15, 0.2) is 0 Å². The second-order valence-electron chi connectivity index (χ2n) is 4.21. The standard InChI is InChI=1S/C10H18O/c11-10-7-3-5-8-4-1-2-6-9(8)10/h8-11H,1-7H2/t8-,9-,10+/m0/s1. The van der Waals surface area contributed by atoms with E-state index in [4.69, 9.17) is 0 Å². The molecule has 0 heterocycles. The number of aliphatic hydroxyl groups is 1. The Hall–Kier alpha value is -0.0400. The fraction of sp³-hybridized carbons (Fsp3) is 1.00. The minimum atomic E-state index is 0.0500. The third kappa shape index (κ3) is 1.44. The molecule has 2 aliphatic carbocycles. The molecule has 3 atom stereocenters. The quantitative estimate of drug-likeness (QED) is 0.568. The van der Waals surface area contributed by atoms with E-state index in [1.807, 2.05) is 0 Å². The molecule has 0 aliphatic heterocycles. The van der Waals surface area contributed by atoms with Crippen molar-refractivity contribution in [3.8, 4) is 0 Å². The summed E-state index contributed by atoms with van der Waals surface area (Å²) in [5, 5.41) is 9.70. The van der Waals surface area contributed by atoms with E-state index in [0.717, 1.165) is 12.3 Å². The first-order valence-corrected chi connectivity index (χ1v) is 5.06. The van der Waals surface area contributed by atoms with Crippen molar-refractivity contribution in [1.82, 2.24) is 0 Å². The van der Waals surface area contributed by atoms with Crippen molar-refractivity contribution in [1.29, 1.82) is 0 Å². The lowest BCUT2D eigenvalue weighted by Gasteiger charge is -2.38. The lowest BCUT2D eigenvalue weighted by Crippen LogP contribution is -2.34. The van der Waals surface area contributed by atoms with Crippen LogP contribution in [0.4, 0.5) is 0 Å². The zero-order valence-electron chi connectivity index (χ0n) is 7.13. The van der Waals surface area contributed by atoms with E-state index in [1.54, 1.807) is 0 Å². The van der Waals surface area contributed by atoms with E-state index < -0.39 is 0 Å². The number of aliphatic hydroxyl groups excluding tert-OH is 1. The molecule has 0 aromatic rings. The van der Waals surface area contributed by atoms with Gasteiger partial charge in [-0.2, -0.15) is 0 Å². The van der Waals surface area contributed by atoms with Crippen LogP contribution >= 0.6 is 0 Å². The van der Waals surface area contributed by atoms with Gasteiger partial charge in [0.05, 0.1) is 6.10 Å². The van der Waals surface area contributed by atoms with Gasteiger partial charge in [-0.25, -0.2) is 0 Å². The third-order valence-corrected chi connectivity index (χ3v) is 3.54. The van der Waals surface area contributed by atoms with E-state index in [2.05, 4.69) is 0 Å². The second kappa shape index (κ2) is 3.14. The maximum atomic E-state index is 9.70. The maximum absolute atomic E-state index is 9.70. The molecule has 0 unspecified atom stereocenters. The first-order valence-electron chi connectivity index (χ1n) is 5.06. The molecular formula is C10H18O. The summed E-state index contributed by atoms with van der Waals surface area (Å²) in [7, 11) is 0. The molecule has 2 fully saturated rings. The van der Waals surface area contributed by atoms with Gasteiger partial charge in [-0.15, -0.1) is 0 Å². The van der Waals surface area contributed by atoms with E-state index in [9.17, 15) is 5.11 Å². The van der Waals surface area contributed by atoms with Crippen LogP contribution in [0.3, 0.4) is 0 Å². The minimum Gasteiger partial charge on any atom is -0.393 e. The number of rotatable bonds is 0. The van der Waals surface area contributed by atoms with Crippen LogP contribution in [0.2, 0.25) is 0 Å². The van der Waals surface area contributed by atoms with Crippen molar-refractivity contribution in [3.63, 3.8) is 0 Å². The molecule has 64 valence electrons. The third-order valence-electron chi connectivity index (χ3n) is 3.54. The molecule has 1 heteroatoms. The first-order chi connectivity index (χ1) is 5.38. The molecular weight excluding hydrogens is 136 g/mol. The van der Waals surface area contributed by atoms with Crippen molar-refractivity contribution in [2.45, 2.75) is 51.0 Å². The predicted octanol–water partition coefficient (Wildman–Crippen LogP) is 2.34. The van der Waals surface area contributed by atoms with Crippen LogP contribution in [0.25, 0.3) is 0 Å². The van der Waals surface area contributed by atoms with Crippen LogP contribution < -0.4 is 0 Å². The van der Waals surface area contributed by atoms with Crippen molar-refractivity contribution in [2.24, 2.45) is 11.8 Å². The molecule has 1 nitrogen and oxygen atoms in total. The molecule has 0 aromatic heterocycles. The van der Waals surface area contributed by atoms with Gasteiger partial charge in [0.15, 0.2) is 0 Å². The monoisotopic (exact) mass is 154 g/mol. The summed E-state index contributed by atoms with van der Waals surface area (Å²) in [4.78, 5) is 0. The first kappa shape index (κ1) is 7.60. The normalized spacial score (nSPS) is 45.0. The SMILES string of the molecule is O[C@@H]1CCC[C@@H]2CCCC[C@@H]21. The smallest absolute Gasteiger partial charge is 0.0571 e. The van der Waals surface area contributed by atoms with Gasteiger partial charge >= 0.3 is 0 Å². The average Bonchev–Trinajstić information content (AvgIpc) is 2.06. The van der Waals surface area contributed by atoms with Crippen molar-refractivity contribution >= 4 is 0 Å². The molecule has 0 amide bonds. The van der Waals surface area contributed by atoms with Crippen molar-refractivity contribution in [2.75, 3.05) is 0 Å². The fourth-order valence-electron chi connectivity index (χ4n) is 2.90. The number of hydrogen-bond acceptors (Lipinski definition) is 1. The molecule has 11 heavy (non-hydrogen) atoms. The Bertz CT molecular complexity index is 131. The van der Waals surface area contributed by atoms with E-state index in [-0.39, 0.29) is 6.10 Å². The molecule has 1 N–H and O–H groups in total. The van der Waals surface area contributed by atoms with Gasteiger partial charge in [0.1, 0.15) is 0 Å². The van der Waals surface area contributed by atoms with Gasteiger partial charge in [-0.3, -0.25) is 0 Å². The van der Waals surface area contributed by atoms with E-state index in [0.29, 0.717) is 5.92 Å². The zero-order valence-corrected chi connectivity index (χ0v) is 7.13. The Morgan fingerprint density at radius 1 is 0.818 bits per heavy atom. The lowest BCUT2D eigenvalue weighted by atomic mass is 9.69. The molecule has 2 saturated carbocycles. The Morgan fingerprint density at radius 2 is 1.55 bits per heavy atom. The van der Waals surface area contributed by atoms with Crippen LogP contribution in [0.1, 0.15) is 44.9 Å². The highest BCUT2D eigenvalue weighted by Gasteiger charge is 2.33. The van der Waals surface area contributed by atoms with Crippen LogP contribution in [-0.2, 0) is 0 Å². The predicted molar refractivity (Wildman–Crippen MR) is 45.3 cm³/mol. The van der Waals surface area contributed by atoms with Crippen LogP contribution in [-0.4, -0.2) is 11.2 Å². The largest absolute Gasteiger partial charge is 0.393 e. The molecule has 2 aliphatic rings. The highest BCUT2D eigenvalue weighted by atomic mass is 16.3. The van der Waals surface area contributed by atoms with Crippen LogP contribution in [0.5, 0.6) is 0 Å². The molecule has 0 saturated heterocycles. The van der Waals surface area contributed by atoms with E-state index >= 15 is 0 Å². The highest BCUT2D eigenvalue weighted by molar-refractivity contribution is 4.84.